The van der Waals surface area contributed by atoms with Gasteiger partial charge >= 0.3 is 0 Å². The third-order valence-corrected chi connectivity index (χ3v) is 2.80. The fourth-order valence-electron chi connectivity index (χ4n) is 1.62. The van der Waals surface area contributed by atoms with E-state index in [1.165, 1.54) is 6.42 Å². The lowest BCUT2D eigenvalue weighted by molar-refractivity contribution is 0.0336. The molecule has 0 aliphatic heterocycles. The van der Waals surface area contributed by atoms with E-state index in [-0.39, 0.29) is 6.04 Å². The Kier molecular flexibility index (Phi) is 10.0. The third kappa shape index (κ3) is 9.47. The molecule has 3 nitrogen and oxygen atoms in total. The first-order valence-electron chi connectivity index (χ1n) is 6.92. The monoisotopic (exact) mass is 255 g/mol. The first-order valence-corrected chi connectivity index (χ1v) is 6.92. The molecule has 2 unspecified atom stereocenters. The highest BCUT2D eigenvalue weighted by Crippen LogP contribution is 2.03. The van der Waals surface area contributed by atoms with Gasteiger partial charge in [-0.25, -0.2) is 0 Å². The van der Waals surface area contributed by atoms with Crippen molar-refractivity contribution in [3.05, 3.63) is 0 Å². The molecule has 0 spiro atoms. The van der Waals surface area contributed by atoms with Crippen LogP contribution in [0.2, 0.25) is 0 Å². The molecule has 0 bridgehead atoms. The minimum atomic E-state index is -0.487. The first kappa shape index (κ1) is 17.4. The van der Waals surface area contributed by atoms with Gasteiger partial charge in [0.05, 0.1) is 18.8 Å². The Bertz CT molecular complexity index is 233. The van der Waals surface area contributed by atoms with Gasteiger partial charge < -0.3 is 15.2 Å². The average Bonchev–Trinajstić information content (AvgIpc) is 2.28. The lowest BCUT2D eigenvalue weighted by atomic mass is 10.1. The van der Waals surface area contributed by atoms with E-state index < -0.39 is 6.10 Å². The van der Waals surface area contributed by atoms with Crippen LogP contribution in [0.4, 0.5) is 0 Å². The van der Waals surface area contributed by atoms with Crippen molar-refractivity contribution < 1.29 is 9.84 Å². The second-order valence-corrected chi connectivity index (χ2v) is 5.56. The van der Waals surface area contributed by atoms with Crippen molar-refractivity contribution >= 4 is 0 Å². The first-order chi connectivity index (χ1) is 8.47. The zero-order valence-electron chi connectivity index (χ0n) is 12.3. The number of aliphatic hydroxyl groups is 1. The summed E-state index contributed by atoms with van der Waals surface area (Å²) in [6, 6.07) is 0.0144. The molecule has 106 valence electrons. The summed E-state index contributed by atoms with van der Waals surface area (Å²) in [4.78, 5) is 0. The summed E-state index contributed by atoms with van der Waals surface area (Å²) < 4.78 is 5.43. The molecule has 0 fully saturated rings. The van der Waals surface area contributed by atoms with Crippen molar-refractivity contribution in [2.24, 2.45) is 11.8 Å². The summed E-state index contributed by atoms with van der Waals surface area (Å²) in [6.45, 7) is 10.1. The molecule has 0 amide bonds. The Morgan fingerprint density at radius 1 is 1.28 bits per heavy atom. The topological polar surface area (TPSA) is 41.5 Å². The van der Waals surface area contributed by atoms with Crippen molar-refractivity contribution in [3.63, 3.8) is 0 Å². The predicted molar refractivity (Wildman–Crippen MR) is 76.4 cm³/mol. The summed E-state index contributed by atoms with van der Waals surface area (Å²) in [5.41, 5.74) is 0. The van der Waals surface area contributed by atoms with Crippen molar-refractivity contribution in [1.29, 1.82) is 0 Å². The van der Waals surface area contributed by atoms with E-state index in [2.05, 4.69) is 38.9 Å². The number of nitrogens with one attached hydrogen (secondary N) is 1. The number of ether oxygens (including phenoxy) is 1. The SMILES string of the molecule is C#CC(NCC(O)COCCCC(C)C)C(C)C. The Morgan fingerprint density at radius 3 is 2.44 bits per heavy atom. The Balaban J connectivity index is 3.54. The Hall–Kier alpha value is -0.560. The minimum absolute atomic E-state index is 0.0144. The van der Waals surface area contributed by atoms with E-state index >= 15 is 0 Å². The summed E-state index contributed by atoms with van der Waals surface area (Å²) in [7, 11) is 0. The van der Waals surface area contributed by atoms with Crippen molar-refractivity contribution in [2.45, 2.75) is 52.7 Å². The second kappa shape index (κ2) is 10.4. The van der Waals surface area contributed by atoms with E-state index in [0.717, 1.165) is 13.0 Å². The number of hydrogen-bond acceptors (Lipinski definition) is 3. The zero-order valence-corrected chi connectivity index (χ0v) is 12.3. The lowest BCUT2D eigenvalue weighted by Crippen LogP contribution is -2.39. The molecule has 0 saturated heterocycles. The smallest absolute Gasteiger partial charge is 0.0898 e. The highest BCUT2D eigenvalue weighted by atomic mass is 16.5. The van der Waals surface area contributed by atoms with Crippen LogP contribution in [-0.4, -0.2) is 37.0 Å². The second-order valence-electron chi connectivity index (χ2n) is 5.56. The minimum Gasteiger partial charge on any atom is -0.389 e. The molecule has 0 aliphatic carbocycles. The maximum absolute atomic E-state index is 9.73. The lowest BCUT2D eigenvalue weighted by Gasteiger charge is -2.19. The van der Waals surface area contributed by atoms with Crippen LogP contribution in [0.3, 0.4) is 0 Å². The average molecular weight is 255 g/mol. The van der Waals surface area contributed by atoms with Crippen molar-refractivity contribution in [2.75, 3.05) is 19.8 Å². The van der Waals surface area contributed by atoms with Crippen LogP contribution in [0.25, 0.3) is 0 Å². The fraction of sp³-hybridized carbons (Fsp3) is 0.867. The molecule has 0 aromatic heterocycles. The third-order valence-electron chi connectivity index (χ3n) is 2.80. The van der Waals surface area contributed by atoms with Crippen molar-refractivity contribution in [3.8, 4) is 12.3 Å². The Morgan fingerprint density at radius 2 is 1.94 bits per heavy atom. The van der Waals surface area contributed by atoms with Gasteiger partial charge in [0.2, 0.25) is 0 Å². The molecule has 18 heavy (non-hydrogen) atoms. The standard InChI is InChI=1S/C15H29NO2/c1-6-15(13(4)5)16-10-14(17)11-18-9-7-8-12(2)3/h1,12-17H,7-11H2,2-5H3. The highest BCUT2D eigenvalue weighted by Gasteiger charge is 2.11. The number of hydrogen-bond donors (Lipinski definition) is 2. The number of aliphatic hydroxyl groups excluding tert-OH is 1. The molecule has 2 atom stereocenters. The fourth-order valence-corrected chi connectivity index (χ4v) is 1.62. The summed E-state index contributed by atoms with van der Waals surface area (Å²) in [5.74, 6) is 3.76. The van der Waals surface area contributed by atoms with Crippen LogP contribution in [0, 0.1) is 24.2 Å². The van der Waals surface area contributed by atoms with E-state index in [1.807, 2.05) is 0 Å². The van der Waals surface area contributed by atoms with Crippen LogP contribution in [0.15, 0.2) is 0 Å². The van der Waals surface area contributed by atoms with Gasteiger partial charge in [-0.15, -0.1) is 6.42 Å². The maximum Gasteiger partial charge on any atom is 0.0898 e. The molecule has 0 aromatic rings. The van der Waals surface area contributed by atoms with Gasteiger partial charge in [-0.1, -0.05) is 33.6 Å². The molecular weight excluding hydrogens is 226 g/mol. The zero-order chi connectivity index (χ0) is 14.0. The number of rotatable bonds is 10. The normalized spacial score (nSPS) is 14.8. The van der Waals surface area contributed by atoms with Crippen LogP contribution in [0.5, 0.6) is 0 Å². The Labute approximate surface area is 112 Å². The van der Waals surface area contributed by atoms with Gasteiger partial charge in [-0.3, -0.25) is 0 Å². The molecule has 2 N–H and O–H groups in total. The van der Waals surface area contributed by atoms with Gasteiger partial charge in [0, 0.05) is 13.2 Å². The largest absolute Gasteiger partial charge is 0.389 e. The molecule has 0 aliphatic rings. The predicted octanol–water partition coefficient (Wildman–Crippen LogP) is 2.05. The summed E-state index contributed by atoms with van der Waals surface area (Å²) >= 11 is 0. The van der Waals surface area contributed by atoms with Crippen molar-refractivity contribution in [1.82, 2.24) is 5.32 Å². The van der Waals surface area contributed by atoms with E-state index in [9.17, 15) is 5.11 Å². The maximum atomic E-state index is 9.73. The highest BCUT2D eigenvalue weighted by molar-refractivity contribution is 5.00. The van der Waals surface area contributed by atoms with E-state index in [1.54, 1.807) is 0 Å². The van der Waals surface area contributed by atoms with Gasteiger partial charge in [-0.2, -0.15) is 0 Å². The van der Waals surface area contributed by atoms with Crippen LogP contribution in [0.1, 0.15) is 40.5 Å². The van der Waals surface area contributed by atoms with Gasteiger partial charge in [-0.05, 0) is 24.7 Å². The molecule has 0 aromatic carbocycles. The van der Waals surface area contributed by atoms with Gasteiger partial charge in [0.15, 0.2) is 0 Å². The molecule has 0 radical (unpaired) electrons. The molecule has 3 heteroatoms. The quantitative estimate of drug-likeness (QED) is 0.464. The summed E-state index contributed by atoms with van der Waals surface area (Å²) in [5, 5.41) is 12.9. The van der Waals surface area contributed by atoms with Crippen LogP contribution in [-0.2, 0) is 4.74 Å². The number of terminal acetylenes is 1. The van der Waals surface area contributed by atoms with E-state index in [4.69, 9.17) is 11.2 Å². The molecular formula is C15H29NO2. The van der Waals surface area contributed by atoms with Crippen LogP contribution >= 0.6 is 0 Å². The van der Waals surface area contributed by atoms with E-state index in [0.29, 0.717) is 25.0 Å². The van der Waals surface area contributed by atoms with Gasteiger partial charge in [0.25, 0.3) is 0 Å². The molecule has 0 rings (SSSR count). The molecule has 0 heterocycles. The molecule has 0 saturated carbocycles. The van der Waals surface area contributed by atoms with Gasteiger partial charge in [0.1, 0.15) is 0 Å². The van der Waals surface area contributed by atoms with Crippen LogP contribution < -0.4 is 5.32 Å². The summed E-state index contributed by atoms with van der Waals surface area (Å²) in [6.07, 6.45) is 7.14.